The number of nitrogens with one attached hydrogen (secondary N) is 1. The number of hydrogen-bond acceptors (Lipinski definition) is 5. The molecular formula is C23H34N2O4. The molecule has 3 saturated heterocycles. The van der Waals surface area contributed by atoms with Gasteiger partial charge in [0.15, 0.2) is 0 Å². The third kappa shape index (κ3) is 5.30. The van der Waals surface area contributed by atoms with E-state index in [-0.39, 0.29) is 23.7 Å². The van der Waals surface area contributed by atoms with E-state index in [4.69, 9.17) is 14.2 Å². The highest BCUT2D eigenvalue weighted by Gasteiger charge is 2.42. The van der Waals surface area contributed by atoms with E-state index < -0.39 is 0 Å². The van der Waals surface area contributed by atoms with E-state index in [9.17, 15) is 4.79 Å². The maximum absolute atomic E-state index is 12.1. The molecule has 1 aromatic carbocycles. The standard InChI is InChI=1S/C23H34N2O4/c1-2-27-19-7-5-18(6-8-19)17-25-13-11-23(12-14-25)10-9-20(29-23)16-24-22(26)21-4-3-15-28-21/h5-8,20-21H,2-4,9-17H2,1H3,(H,24,26). The fraction of sp³-hybridized carbons (Fsp3) is 0.696. The second-order valence-corrected chi connectivity index (χ2v) is 8.56. The molecule has 3 aliphatic heterocycles. The lowest BCUT2D eigenvalue weighted by Gasteiger charge is -2.39. The van der Waals surface area contributed by atoms with Gasteiger partial charge >= 0.3 is 0 Å². The van der Waals surface area contributed by atoms with E-state index in [2.05, 4.69) is 34.5 Å². The largest absolute Gasteiger partial charge is 0.494 e. The fourth-order valence-electron chi connectivity index (χ4n) is 4.75. The minimum Gasteiger partial charge on any atom is -0.494 e. The van der Waals surface area contributed by atoms with Crippen LogP contribution >= 0.6 is 0 Å². The number of piperidine rings is 1. The number of rotatable bonds is 7. The zero-order valence-corrected chi connectivity index (χ0v) is 17.5. The first-order valence-corrected chi connectivity index (χ1v) is 11.2. The SMILES string of the molecule is CCOc1ccc(CN2CCC3(CCC(CNC(=O)C4CCCO4)O3)CC2)cc1. The van der Waals surface area contributed by atoms with Crippen molar-refractivity contribution in [1.29, 1.82) is 0 Å². The molecule has 3 fully saturated rings. The Morgan fingerprint density at radius 1 is 1.21 bits per heavy atom. The van der Waals surface area contributed by atoms with Gasteiger partial charge in [-0.1, -0.05) is 12.1 Å². The molecule has 29 heavy (non-hydrogen) atoms. The van der Waals surface area contributed by atoms with Crippen molar-refractivity contribution in [1.82, 2.24) is 10.2 Å². The van der Waals surface area contributed by atoms with Crippen molar-refractivity contribution in [3.63, 3.8) is 0 Å². The van der Waals surface area contributed by atoms with E-state index in [1.54, 1.807) is 0 Å². The zero-order chi connectivity index (χ0) is 20.1. The Balaban J connectivity index is 1.19. The van der Waals surface area contributed by atoms with Gasteiger partial charge in [0.2, 0.25) is 5.91 Å². The van der Waals surface area contributed by atoms with Crippen LogP contribution in [0.4, 0.5) is 0 Å². The number of hydrogen-bond donors (Lipinski definition) is 1. The minimum atomic E-state index is -0.254. The van der Waals surface area contributed by atoms with E-state index in [1.807, 2.05) is 6.92 Å². The Kier molecular flexibility index (Phi) is 6.73. The van der Waals surface area contributed by atoms with Crippen LogP contribution in [0, 0.1) is 0 Å². The molecule has 3 heterocycles. The highest BCUT2D eigenvalue weighted by molar-refractivity contribution is 5.80. The van der Waals surface area contributed by atoms with Gasteiger partial charge in [0.25, 0.3) is 0 Å². The molecule has 1 amide bonds. The lowest BCUT2D eigenvalue weighted by Crippen LogP contribution is -2.45. The van der Waals surface area contributed by atoms with Gasteiger partial charge in [-0.2, -0.15) is 0 Å². The summed E-state index contributed by atoms with van der Waals surface area (Å²) >= 11 is 0. The van der Waals surface area contributed by atoms with Crippen LogP contribution in [0.1, 0.15) is 51.0 Å². The topological polar surface area (TPSA) is 60.0 Å². The lowest BCUT2D eigenvalue weighted by molar-refractivity contribution is -0.131. The molecule has 2 atom stereocenters. The Morgan fingerprint density at radius 2 is 2.00 bits per heavy atom. The summed E-state index contributed by atoms with van der Waals surface area (Å²) in [5, 5.41) is 3.03. The average molecular weight is 403 g/mol. The Morgan fingerprint density at radius 3 is 2.69 bits per heavy atom. The van der Waals surface area contributed by atoms with Crippen molar-refractivity contribution in [3.8, 4) is 5.75 Å². The maximum atomic E-state index is 12.1. The molecule has 0 saturated carbocycles. The smallest absolute Gasteiger partial charge is 0.249 e. The molecule has 4 rings (SSSR count). The van der Waals surface area contributed by atoms with Gasteiger partial charge in [0.1, 0.15) is 11.9 Å². The monoisotopic (exact) mass is 402 g/mol. The molecule has 0 bridgehead atoms. The normalized spacial score (nSPS) is 26.7. The molecule has 6 heteroatoms. The molecule has 2 unspecified atom stereocenters. The predicted molar refractivity (Wildman–Crippen MR) is 111 cm³/mol. The number of carbonyl (C=O) groups is 1. The summed E-state index contributed by atoms with van der Waals surface area (Å²) in [6, 6.07) is 8.43. The van der Waals surface area contributed by atoms with Crippen LogP contribution in [0.25, 0.3) is 0 Å². The van der Waals surface area contributed by atoms with Crippen LogP contribution in [0.2, 0.25) is 0 Å². The first kappa shape index (κ1) is 20.6. The minimum absolute atomic E-state index is 0.00851. The van der Waals surface area contributed by atoms with Gasteiger partial charge < -0.3 is 19.5 Å². The Labute approximate surface area is 173 Å². The van der Waals surface area contributed by atoms with Gasteiger partial charge in [-0.15, -0.1) is 0 Å². The van der Waals surface area contributed by atoms with Crippen LogP contribution < -0.4 is 10.1 Å². The first-order valence-electron chi connectivity index (χ1n) is 11.2. The van der Waals surface area contributed by atoms with Gasteiger partial charge in [0.05, 0.1) is 18.3 Å². The second kappa shape index (κ2) is 9.45. The molecule has 1 spiro atoms. The number of amides is 1. The molecule has 1 N–H and O–H groups in total. The van der Waals surface area contributed by atoms with E-state index in [1.165, 1.54) is 5.56 Å². The number of nitrogens with zero attached hydrogens (tertiary/aromatic N) is 1. The van der Waals surface area contributed by atoms with Crippen molar-refractivity contribution in [3.05, 3.63) is 29.8 Å². The molecule has 1 aromatic rings. The molecule has 3 aliphatic rings. The number of ether oxygens (including phenoxy) is 3. The van der Waals surface area contributed by atoms with Gasteiger partial charge in [0, 0.05) is 32.8 Å². The Bertz CT molecular complexity index is 664. The van der Waals surface area contributed by atoms with Crippen LogP contribution in [0.5, 0.6) is 5.75 Å². The number of likely N-dealkylation sites (tertiary alicyclic amines) is 1. The van der Waals surface area contributed by atoms with Gasteiger partial charge in [-0.3, -0.25) is 9.69 Å². The third-order valence-electron chi connectivity index (χ3n) is 6.47. The fourth-order valence-corrected chi connectivity index (χ4v) is 4.75. The second-order valence-electron chi connectivity index (χ2n) is 8.56. The van der Waals surface area contributed by atoms with Gasteiger partial charge in [-0.25, -0.2) is 0 Å². The van der Waals surface area contributed by atoms with E-state index >= 15 is 0 Å². The molecule has 0 aromatic heterocycles. The van der Waals surface area contributed by atoms with Crippen molar-refractivity contribution in [2.75, 3.05) is 32.8 Å². The summed E-state index contributed by atoms with van der Waals surface area (Å²) in [4.78, 5) is 14.6. The lowest BCUT2D eigenvalue weighted by atomic mass is 9.88. The Hall–Kier alpha value is -1.63. The van der Waals surface area contributed by atoms with Crippen molar-refractivity contribution >= 4 is 5.91 Å². The predicted octanol–water partition coefficient (Wildman–Crippen LogP) is 2.89. The molecule has 0 radical (unpaired) electrons. The summed E-state index contributed by atoms with van der Waals surface area (Å²) in [5.74, 6) is 0.961. The summed E-state index contributed by atoms with van der Waals surface area (Å²) in [7, 11) is 0. The highest BCUT2D eigenvalue weighted by atomic mass is 16.5. The van der Waals surface area contributed by atoms with Crippen molar-refractivity contribution in [2.24, 2.45) is 0 Å². The molecular weight excluding hydrogens is 368 g/mol. The van der Waals surface area contributed by atoms with Gasteiger partial charge in [-0.05, 0) is 63.1 Å². The number of carbonyl (C=O) groups excluding carboxylic acids is 1. The van der Waals surface area contributed by atoms with Crippen LogP contribution in [-0.2, 0) is 20.8 Å². The van der Waals surface area contributed by atoms with E-state index in [0.29, 0.717) is 19.8 Å². The van der Waals surface area contributed by atoms with Crippen LogP contribution in [0.3, 0.4) is 0 Å². The van der Waals surface area contributed by atoms with Crippen LogP contribution in [0.15, 0.2) is 24.3 Å². The molecule has 160 valence electrons. The summed E-state index contributed by atoms with van der Waals surface area (Å²) < 4.78 is 17.4. The van der Waals surface area contributed by atoms with Crippen molar-refractivity contribution < 1.29 is 19.0 Å². The maximum Gasteiger partial charge on any atom is 0.249 e. The first-order chi connectivity index (χ1) is 14.2. The summed E-state index contributed by atoms with van der Waals surface area (Å²) in [5.41, 5.74) is 1.33. The third-order valence-corrected chi connectivity index (χ3v) is 6.47. The van der Waals surface area contributed by atoms with Crippen molar-refractivity contribution in [2.45, 2.75) is 69.8 Å². The quantitative estimate of drug-likeness (QED) is 0.760. The zero-order valence-electron chi connectivity index (χ0n) is 17.5. The average Bonchev–Trinajstić information content (AvgIpc) is 3.41. The highest BCUT2D eigenvalue weighted by Crippen LogP contribution is 2.39. The number of benzene rings is 1. The van der Waals surface area contributed by atoms with Crippen LogP contribution in [-0.4, -0.2) is 61.5 Å². The summed E-state index contributed by atoms with van der Waals surface area (Å²) in [6.45, 7) is 7.11. The molecule has 0 aliphatic carbocycles. The molecule has 6 nitrogen and oxygen atoms in total. The summed E-state index contributed by atoms with van der Waals surface area (Å²) in [6.07, 6.45) is 5.98. The van der Waals surface area contributed by atoms with E-state index in [0.717, 1.165) is 63.9 Å².